The number of aromatic nitrogens is 1. The van der Waals surface area contributed by atoms with Crippen LogP contribution in [-0.2, 0) is 0 Å². The van der Waals surface area contributed by atoms with Crippen molar-refractivity contribution in [3.8, 4) is 0 Å². The first-order valence-corrected chi connectivity index (χ1v) is 5.80. The summed E-state index contributed by atoms with van der Waals surface area (Å²) in [4.78, 5) is 17.2. The summed E-state index contributed by atoms with van der Waals surface area (Å²) in [7, 11) is 1.96. The summed E-state index contributed by atoms with van der Waals surface area (Å²) >= 11 is 0. The molecule has 0 aromatic carbocycles. The fourth-order valence-electron chi connectivity index (χ4n) is 2.33. The van der Waals surface area contributed by atoms with Gasteiger partial charge in [0.1, 0.15) is 0 Å². The first-order chi connectivity index (χ1) is 7.72. The number of amides is 1. The molecule has 1 aromatic rings. The van der Waals surface area contributed by atoms with Crippen LogP contribution in [0.2, 0.25) is 0 Å². The maximum atomic E-state index is 12.2. The second kappa shape index (κ2) is 4.70. The number of aryl methyl sites for hydroxylation is 1. The summed E-state index contributed by atoms with van der Waals surface area (Å²) in [6.07, 6.45) is 2.93. The largest absolute Gasteiger partial charge is 0.365 e. The Morgan fingerprint density at radius 2 is 2.50 bits per heavy atom. The standard InChI is InChI=1S/C12H19N3O/c1-9-11(3-5-14-9)12(16)15-6-4-10(8-15)7-13-2/h3,5,10,13-14H,4,6-8H2,1-2H3. The molecule has 4 heteroatoms. The van der Waals surface area contributed by atoms with Gasteiger partial charge in [-0.3, -0.25) is 4.79 Å². The number of H-pyrrole nitrogens is 1. The number of nitrogens with zero attached hydrogens (tertiary/aromatic N) is 1. The topological polar surface area (TPSA) is 48.1 Å². The summed E-state index contributed by atoms with van der Waals surface area (Å²) in [6.45, 7) is 4.70. The highest BCUT2D eigenvalue weighted by molar-refractivity contribution is 5.95. The van der Waals surface area contributed by atoms with Crippen LogP contribution < -0.4 is 5.32 Å². The van der Waals surface area contributed by atoms with Gasteiger partial charge in [-0.05, 0) is 38.9 Å². The van der Waals surface area contributed by atoms with E-state index >= 15 is 0 Å². The SMILES string of the molecule is CNCC1CCN(C(=O)c2cc[nH]c2C)C1. The molecule has 88 valence electrons. The van der Waals surface area contributed by atoms with Crippen LogP contribution in [0, 0.1) is 12.8 Å². The van der Waals surface area contributed by atoms with Crippen LogP contribution in [0.3, 0.4) is 0 Å². The summed E-state index contributed by atoms with van der Waals surface area (Å²) in [6, 6.07) is 1.86. The lowest BCUT2D eigenvalue weighted by atomic mass is 10.1. The number of nitrogens with one attached hydrogen (secondary N) is 2. The minimum Gasteiger partial charge on any atom is -0.365 e. The molecule has 0 aliphatic carbocycles. The van der Waals surface area contributed by atoms with E-state index in [0.717, 1.165) is 37.3 Å². The van der Waals surface area contributed by atoms with Crippen LogP contribution in [0.25, 0.3) is 0 Å². The van der Waals surface area contributed by atoms with E-state index < -0.39 is 0 Å². The van der Waals surface area contributed by atoms with Crippen molar-refractivity contribution in [3.63, 3.8) is 0 Å². The van der Waals surface area contributed by atoms with Gasteiger partial charge in [0.05, 0.1) is 5.56 Å². The van der Waals surface area contributed by atoms with E-state index in [-0.39, 0.29) is 5.91 Å². The monoisotopic (exact) mass is 221 g/mol. The molecule has 1 fully saturated rings. The van der Waals surface area contributed by atoms with Gasteiger partial charge in [-0.15, -0.1) is 0 Å². The number of hydrogen-bond donors (Lipinski definition) is 2. The van der Waals surface area contributed by atoms with Gasteiger partial charge in [0, 0.05) is 25.0 Å². The quantitative estimate of drug-likeness (QED) is 0.800. The van der Waals surface area contributed by atoms with Gasteiger partial charge in [0.15, 0.2) is 0 Å². The van der Waals surface area contributed by atoms with Crippen molar-refractivity contribution in [2.45, 2.75) is 13.3 Å². The number of rotatable bonds is 3. The third-order valence-electron chi connectivity index (χ3n) is 3.25. The van der Waals surface area contributed by atoms with E-state index in [4.69, 9.17) is 0 Å². The third kappa shape index (κ3) is 2.11. The Kier molecular flexibility index (Phi) is 3.29. The Morgan fingerprint density at radius 1 is 1.69 bits per heavy atom. The molecular formula is C12H19N3O. The molecule has 2 N–H and O–H groups in total. The molecule has 2 heterocycles. The van der Waals surface area contributed by atoms with E-state index in [9.17, 15) is 4.79 Å². The number of aromatic amines is 1. The number of carbonyl (C=O) groups excluding carboxylic acids is 1. The molecule has 2 rings (SSSR count). The third-order valence-corrected chi connectivity index (χ3v) is 3.25. The second-order valence-electron chi connectivity index (χ2n) is 4.48. The first kappa shape index (κ1) is 11.2. The molecule has 0 saturated carbocycles. The van der Waals surface area contributed by atoms with E-state index in [1.54, 1.807) is 0 Å². The Balaban J connectivity index is 2.00. The average Bonchev–Trinajstić information content (AvgIpc) is 2.87. The fraction of sp³-hybridized carbons (Fsp3) is 0.583. The molecule has 0 bridgehead atoms. The average molecular weight is 221 g/mol. The molecule has 1 saturated heterocycles. The van der Waals surface area contributed by atoms with Gasteiger partial charge in [-0.2, -0.15) is 0 Å². The smallest absolute Gasteiger partial charge is 0.255 e. The Labute approximate surface area is 96.0 Å². The van der Waals surface area contributed by atoms with Gasteiger partial charge in [-0.1, -0.05) is 0 Å². The van der Waals surface area contributed by atoms with E-state index in [1.165, 1.54) is 0 Å². The maximum absolute atomic E-state index is 12.2. The van der Waals surface area contributed by atoms with Gasteiger partial charge in [-0.25, -0.2) is 0 Å². The van der Waals surface area contributed by atoms with E-state index in [1.807, 2.05) is 31.1 Å². The Hall–Kier alpha value is -1.29. The normalized spacial score (nSPS) is 20.4. The number of hydrogen-bond acceptors (Lipinski definition) is 2. The van der Waals surface area contributed by atoms with Crippen molar-refractivity contribution in [1.29, 1.82) is 0 Å². The minimum atomic E-state index is 0.164. The second-order valence-corrected chi connectivity index (χ2v) is 4.48. The minimum absolute atomic E-state index is 0.164. The first-order valence-electron chi connectivity index (χ1n) is 5.80. The van der Waals surface area contributed by atoms with Crippen molar-refractivity contribution < 1.29 is 4.79 Å². The summed E-state index contributed by atoms with van der Waals surface area (Å²) < 4.78 is 0. The molecule has 1 amide bonds. The zero-order chi connectivity index (χ0) is 11.5. The predicted octanol–water partition coefficient (Wildman–Crippen LogP) is 1.00. The number of carbonyl (C=O) groups is 1. The van der Waals surface area contributed by atoms with Crippen LogP contribution in [0.15, 0.2) is 12.3 Å². The van der Waals surface area contributed by atoms with E-state index in [0.29, 0.717) is 5.92 Å². The van der Waals surface area contributed by atoms with Crippen molar-refractivity contribution in [3.05, 3.63) is 23.5 Å². The molecule has 1 aliphatic heterocycles. The molecule has 0 spiro atoms. The highest BCUT2D eigenvalue weighted by Crippen LogP contribution is 2.19. The van der Waals surface area contributed by atoms with Crippen molar-refractivity contribution in [2.75, 3.05) is 26.7 Å². The molecule has 1 aliphatic rings. The summed E-state index contributed by atoms with van der Waals surface area (Å²) in [5.74, 6) is 0.769. The van der Waals surface area contributed by atoms with Crippen LogP contribution in [0.1, 0.15) is 22.5 Å². The lowest BCUT2D eigenvalue weighted by Crippen LogP contribution is -2.30. The van der Waals surface area contributed by atoms with Crippen molar-refractivity contribution in [1.82, 2.24) is 15.2 Å². The molecule has 1 unspecified atom stereocenters. The lowest BCUT2D eigenvalue weighted by molar-refractivity contribution is 0.0786. The van der Waals surface area contributed by atoms with Crippen LogP contribution in [-0.4, -0.2) is 42.5 Å². The summed E-state index contributed by atoms with van der Waals surface area (Å²) in [5.41, 5.74) is 1.77. The van der Waals surface area contributed by atoms with Gasteiger partial charge >= 0.3 is 0 Å². The molecule has 1 aromatic heterocycles. The van der Waals surface area contributed by atoms with Gasteiger partial charge in [0.25, 0.3) is 5.91 Å². The Morgan fingerprint density at radius 3 is 3.12 bits per heavy atom. The fourth-order valence-corrected chi connectivity index (χ4v) is 2.33. The molecular weight excluding hydrogens is 202 g/mol. The molecule has 0 radical (unpaired) electrons. The van der Waals surface area contributed by atoms with E-state index in [2.05, 4.69) is 10.3 Å². The number of likely N-dealkylation sites (tertiary alicyclic amines) is 1. The predicted molar refractivity (Wildman–Crippen MR) is 63.5 cm³/mol. The lowest BCUT2D eigenvalue weighted by Gasteiger charge is -2.16. The van der Waals surface area contributed by atoms with Crippen LogP contribution >= 0.6 is 0 Å². The van der Waals surface area contributed by atoms with Crippen molar-refractivity contribution >= 4 is 5.91 Å². The van der Waals surface area contributed by atoms with Gasteiger partial charge in [0.2, 0.25) is 0 Å². The highest BCUT2D eigenvalue weighted by Gasteiger charge is 2.27. The summed E-state index contributed by atoms with van der Waals surface area (Å²) in [5, 5.41) is 3.17. The zero-order valence-electron chi connectivity index (χ0n) is 9.92. The Bertz CT molecular complexity index is 372. The zero-order valence-corrected chi connectivity index (χ0v) is 9.92. The van der Waals surface area contributed by atoms with Crippen LogP contribution in [0.4, 0.5) is 0 Å². The van der Waals surface area contributed by atoms with Gasteiger partial charge < -0.3 is 15.2 Å². The molecule has 16 heavy (non-hydrogen) atoms. The van der Waals surface area contributed by atoms with Crippen molar-refractivity contribution in [2.24, 2.45) is 5.92 Å². The highest BCUT2D eigenvalue weighted by atomic mass is 16.2. The molecule has 1 atom stereocenters. The van der Waals surface area contributed by atoms with Crippen LogP contribution in [0.5, 0.6) is 0 Å². The maximum Gasteiger partial charge on any atom is 0.255 e. The molecule has 4 nitrogen and oxygen atoms in total.